The number of carbonyl (C=O) groups excluding carboxylic acids is 2. The van der Waals surface area contributed by atoms with Gasteiger partial charge in [0.25, 0.3) is 5.91 Å². The Hall–Kier alpha value is -5.08. The summed E-state index contributed by atoms with van der Waals surface area (Å²) in [5, 5.41) is 13.0. The number of piperidine rings is 1. The SMILES string of the molecule is C=C1CCC(N2Cc3cc(N4CCN(CCCCOc5ccc([C@H]6c7ccc(O)cc7CC[C@H]6c6ccccc6)cc5)CC4)ccc3C2=O)C(=O)N1. The summed E-state index contributed by atoms with van der Waals surface area (Å²) in [6.07, 6.45) is 5.43. The van der Waals surface area contributed by atoms with Gasteiger partial charge in [-0.15, -0.1) is 0 Å². The molecule has 4 aromatic rings. The van der Waals surface area contributed by atoms with Crippen LogP contribution in [-0.2, 0) is 17.8 Å². The van der Waals surface area contributed by atoms with Crippen LogP contribution < -0.4 is 15.0 Å². The van der Waals surface area contributed by atoms with E-state index in [2.05, 4.69) is 94.5 Å². The molecule has 2 amide bonds. The van der Waals surface area contributed by atoms with Gasteiger partial charge in [0.1, 0.15) is 17.5 Å². The number of anilines is 1. The molecule has 2 fully saturated rings. The molecule has 0 spiro atoms. The van der Waals surface area contributed by atoms with Crippen LogP contribution in [0.15, 0.2) is 103 Å². The van der Waals surface area contributed by atoms with E-state index >= 15 is 0 Å². The molecular weight excluding hydrogens is 649 g/mol. The number of hydrogen-bond donors (Lipinski definition) is 2. The molecule has 3 heterocycles. The van der Waals surface area contributed by atoms with Crippen LogP contribution in [0.25, 0.3) is 0 Å². The molecule has 1 unspecified atom stereocenters. The van der Waals surface area contributed by atoms with Gasteiger partial charge in [0.2, 0.25) is 5.91 Å². The van der Waals surface area contributed by atoms with Crippen molar-refractivity contribution in [3.05, 3.63) is 137 Å². The van der Waals surface area contributed by atoms with Crippen LogP contribution in [-0.4, -0.2) is 72.1 Å². The number of allylic oxidation sites excluding steroid dienone is 1. The number of aromatic hydroxyl groups is 1. The number of benzene rings is 4. The van der Waals surface area contributed by atoms with E-state index in [-0.39, 0.29) is 17.7 Å². The molecule has 2 saturated heterocycles. The van der Waals surface area contributed by atoms with Gasteiger partial charge in [-0.2, -0.15) is 0 Å². The summed E-state index contributed by atoms with van der Waals surface area (Å²) in [6.45, 7) is 10.00. The van der Waals surface area contributed by atoms with Gasteiger partial charge in [-0.1, -0.05) is 55.1 Å². The highest BCUT2D eigenvalue weighted by Gasteiger charge is 2.38. The molecule has 0 saturated carbocycles. The highest BCUT2D eigenvalue weighted by Crippen LogP contribution is 2.47. The topological polar surface area (TPSA) is 85.4 Å². The molecule has 268 valence electrons. The van der Waals surface area contributed by atoms with Crippen LogP contribution in [0.4, 0.5) is 5.69 Å². The summed E-state index contributed by atoms with van der Waals surface area (Å²) in [4.78, 5) is 32.4. The highest BCUT2D eigenvalue weighted by atomic mass is 16.5. The Morgan fingerprint density at radius 3 is 2.40 bits per heavy atom. The zero-order valence-corrected chi connectivity index (χ0v) is 29.8. The summed E-state index contributed by atoms with van der Waals surface area (Å²) < 4.78 is 6.20. The van der Waals surface area contributed by atoms with Crippen molar-refractivity contribution in [1.82, 2.24) is 15.1 Å². The van der Waals surface area contributed by atoms with Crippen molar-refractivity contribution >= 4 is 17.5 Å². The fourth-order valence-electron chi connectivity index (χ4n) is 8.74. The summed E-state index contributed by atoms with van der Waals surface area (Å²) in [5.74, 6) is 1.68. The summed E-state index contributed by atoms with van der Waals surface area (Å²) in [7, 11) is 0. The zero-order chi connectivity index (χ0) is 35.6. The normalized spacial score (nSPS) is 21.8. The summed E-state index contributed by atoms with van der Waals surface area (Å²) >= 11 is 0. The molecule has 3 aliphatic heterocycles. The van der Waals surface area contributed by atoms with E-state index in [0.717, 1.165) is 81.1 Å². The average molecular weight is 697 g/mol. The van der Waals surface area contributed by atoms with E-state index in [9.17, 15) is 14.7 Å². The maximum absolute atomic E-state index is 13.1. The number of amides is 2. The number of aryl methyl sites for hydroxylation is 1. The lowest BCUT2D eigenvalue weighted by molar-refractivity contribution is -0.126. The van der Waals surface area contributed by atoms with Gasteiger partial charge in [0.05, 0.1) is 6.61 Å². The van der Waals surface area contributed by atoms with Crippen LogP contribution in [0.3, 0.4) is 0 Å². The fraction of sp³-hybridized carbons (Fsp3) is 0.364. The molecule has 8 rings (SSSR count). The lowest BCUT2D eigenvalue weighted by Gasteiger charge is -2.36. The number of hydrogen-bond acceptors (Lipinski definition) is 6. The van der Waals surface area contributed by atoms with Crippen molar-refractivity contribution in [2.24, 2.45) is 0 Å². The number of unbranched alkanes of at least 4 members (excludes halogenated alkanes) is 1. The Kier molecular flexibility index (Phi) is 9.74. The first-order valence-corrected chi connectivity index (χ1v) is 18.9. The first-order chi connectivity index (χ1) is 25.4. The van der Waals surface area contributed by atoms with Gasteiger partial charge in [0, 0.05) is 55.6 Å². The monoisotopic (exact) mass is 696 g/mol. The first kappa shape index (κ1) is 34.0. The lowest BCUT2D eigenvalue weighted by Crippen LogP contribution is -2.49. The van der Waals surface area contributed by atoms with E-state index in [1.165, 1.54) is 22.3 Å². The molecule has 8 nitrogen and oxygen atoms in total. The maximum Gasteiger partial charge on any atom is 0.255 e. The standard InChI is InChI=1S/C44H48N4O4/c1-30-9-20-41(43(50)45-30)48-29-34-27-35(13-18-40(34)44(48)51)47-24-22-46(23-25-47)21-5-6-26-52-37-15-10-32(11-16-37)42-38(31-7-3-2-4-8-31)17-12-33-28-36(49)14-19-39(33)42/h2-4,7-8,10-11,13-16,18-19,27-28,38,41-42,49H,1,5-6,9,12,17,20-26,29H2,(H,45,50)/t38-,41?,42+/m0/s1. The molecule has 2 N–H and O–H groups in total. The van der Waals surface area contributed by atoms with Gasteiger partial charge < -0.3 is 25.0 Å². The second-order valence-electron chi connectivity index (χ2n) is 14.8. The van der Waals surface area contributed by atoms with Crippen LogP contribution in [0.2, 0.25) is 0 Å². The van der Waals surface area contributed by atoms with Crippen molar-refractivity contribution in [2.45, 2.75) is 62.9 Å². The largest absolute Gasteiger partial charge is 0.508 e. The Morgan fingerprint density at radius 2 is 1.62 bits per heavy atom. The number of phenolic OH excluding ortho intramolecular Hbond substituents is 1. The smallest absolute Gasteiger partial charge is 0.255 e. The second kappa shape index (κ2) is 14.9. The van der Waals surface area contributed by atoms with Crippen LogP contribution in [0.5, 0.6) is 11.5 Å². The maximum atomic E-state index is 13.1. The number of piperazine rings is 1. The molecule has 4 aromatic carbocycles. The number of phenols is 1. The molecule has 4 aliphatic rings. The third-order valence-corrected chi connectivity index (χ3v) is 11.5. The van der Waals surface area contributed by atoms with Gasteiger partial charge >= 0.3 is 0 Å². The summed E-state index contributed by atoms with van der Waals surface area (Å²) in [5.41, 5.74) is 8.79. The average Bonchev–Trinajstić information content (AvgIpc) is 3.49. The van der Waals surface area contributed by atoms with Crippen molar-refractivity contribution in [1.29, 1.82) is 0 Å². The Bertz CT molecular complexity index is 1940. The Balaban J connectivity index is 0.797. The third-order valence-electron chi connectivity index (χ3n) is 11.5. The van der Waals surface area contributed by atoms with Gasteiger partial charge in [0.15, 0.2) is 0 Å². The Morgan fingerprint density at radius 1 is 0.808 bits per heavy atom. The van der Waals surface area contributed by atoms with Gasteiger partial charge in [-0.25, -0.2) is 0 Å². The lowest BCUT2D eigenvalue weighted by atomic mass is 9.69. The molecule has 8 heteroatoms. The number of rotatable bonds is 10. The van der Waals surface area contributed by atoms with Crippen LogP contribution in [0.1, 0.15) is 82.1 Å². The first-order valence-electron chi connectivity index (χ1n) is 18.9. The van der Waals surface area contributed by atoms with E-state index in [1.807, 2.05) is 18.2 Å². The van der Waals surface area contributed by atoms with E-state index < -0.39 is 6.04 Å². The van der Waals surface area contributed by atoms with Crippen molar-refractivity contribution in [3.8, 4) is 11.5 Å². The highest BCUT2D eigenvalue weighted by molar-refractivity contribution is 6.01. The quantitative estimate of drug-likeness (QED) is 0.174. The second-order valence-corrected chi connectivity index (χ2v) is 14.8. The number of nitrogens with one attached hydrogen (secondary N) is 1. The summed E-state index contributed by atoms with van der Waals surface area (Å²) in [6, 6.07) is 31.1. The predicted octanol–water partition coefficient (Wildman–Crippen LogP) is 6.98. The number of carbonyl (C=O) groups is 2. The molecule has 0 aromatic heterocycles. The molecular formula is C44H48N4O4. The number of nitrogens with zero attached hydrogens (tertiary/aromatic N) is 3. The molecule has 52 heavy (non-hydrogen) atoms. The zero-order valence-electron chi connectivity index (χ0n) is 29.8. The van der Waals surface area contributed by atoms with Crippen LogP contribution in [0, 0.1) is 0 Å². The van der Waals surface area contributed by atoms with E-state index in [1.54, 1.807) is 4.90 Å². The number of fused-ring (bicyclic) bond motifs is 2. The van der Waals surface area contributed by atoms with Gasteiger partial charge in [-0.05, 0) is 121 Å². The van der Waals surface area contributed by atoms with Crippen molar-refractivity contribution in [3.63, 3.8) is 0 Å². The van der Waals surface area contributed by atoms with Crippen LogP contribution >= 0.6 is 0 Å². The van der Waals surface area contributed by atoms with E-state index in [0.29, 0.717) is 43.2 Å². The van der Waals surface area contributed by atoms with Gasteiger partial charge in [-0.3, -0.25) is 14.5 Å². The van der Waals surface area contributed by atoms with Crippen molar-refractivity contribution < 1.29 is 19.4 Å². The minimum Gasteiger partial charge on any atom is -0.508 e. The third kappa shape index (κ3) is 7.04. The fourth-order valence-corrected chi connectivity index (χ4v) is 8.74. The minimum atomic E-state index is -0.431. The Labute approximate surface area is 306 Å². The van der Waals surface area contributed by atoms with Crippen molar-refractivity contribution in [2.75, 3.05) is 44.2 Å². The number of ether oxygens (including phenoxy) is 1. The van der Waals surface area contributed by atoms with E-state index in [4.69, 9.17) is 4.74 Å². The minimum absolute atomic E-state index is 0.0508. The predicted molar refractivity (Wildman–Crippen MR) is 204 cm³/mol. The molecule has 0 radical (unpaired) electrons. The molecule has 3 atom stereocenters. The molecule has 0 bridgehead atoms. The molecule has 1 aliphatic carbocycles.